The molecule has 4 heterocycles. The van der Waals surface area contributed by atoms with Crippen molar-refractivity contribution in [1.82, 2.24) is 30.0 Å². The zero-order valence-electron chi connectivity index (χ0n) is 19.4. The number of ether oxygens (including phenoxy) is 1. The van der Waals surface area contributed by atoms with Gasteiger partial charge in [-0.1, -0.05) is 18.2 Å². The van der Waals surface area contributed by atoms with E-state index < -0.39 is 5.54 Å². The van der Waals surface area contributed by atoms with Gasteiger partial charge in [0.15, 0.2) is 0 Å². The molecule has 0 saturated carbocycles. The van der Waals surface area contributed by atoms with Gasteiger partial charge in [0.05, 0.1) is 30.6 Å². The number of likely N-dealkylation sites (N-methyl/N-ethyl adjacent to an activating group) is 1. The summed E-state index contributed by atoms with van der Waals surface area (Å²) >= 11 is 0. The normalized spacial score (nSPS) is 19.5. The van der Waals surface area contributed by atoms with Gasteiger partial charge in [-0.15, -0.1) is 0 Å². The molecule has 1 unspecified atom stereocenters. The van der Waals surface area contributed by atoms with E-state index in [1.54, 1.807) is 13.3 Å². The molecule has 1 saturated heterocycles. The number of amides is 1. The van der Waals surface area contributed by atoms with E-state index in [1.807, 2.05) is 30.9 Å². The number of carbonyl (C=O) groups excluding carboxylic acids is 1. The molecule has 1 fully saturated rings. The molecule has 0 spiro atoms. The molecule has 0 bridgehead atoms. The van der Waals surface area contributed by atoms with Crippen LogP contribution in [0.3, 0.4) is 0 Å². The molecule has 34 heavy (non-hydrogen) atoms. The number of methoxy groups -OCH3 is 1. The third-order valence-electron chi connectivity index (χ3n) is 6.82. The second-order valence-electron chi connectivity index (χ2n) is 8.83. The number of nitrogens with zero attached hydrogens (tertiary/aromatic N) is 4. The Morgan fingerprint density at radius 1 is 1.24 bits per heavy atom. The maximum atomic E-state index is 11.8. The van der Waals surface area contributed by atoms with Crippen LogP contribution < -0.4 is 10.5 Å². The molecule has 0 radical (unpaired) electrons. The third-order valence-corrected chi connectivity index (χ3v) is 6.82. The van der Waals surface area contributed by atoms with Gasteiger partial charge < -0.3 is 20.4 Å². The van der Waals surface area contributed by atoms with Crippen LogP contribution in [0.2, 0.25) is 0 Å². The highest BCUT2D eigenvalue weighted by Gasteiger charge is 2.45. The smallest absolute Gasteiger partial charge is 0.218 e. The van der Waals surface area contributed by atoms with Crippen molar-refractivity contribution >= 4 is 16.8 Å². The molecule has 1 aliphatic heterocycles. The predicted octanol–water partition coefficient (Wildman–Crippen LogP) is 2.33. The summed E-state index contributed by atoms with van der Waals surface area (Å²) in [6.45, 7) is 2.94. The number of rotatable bonds is 7. The van der Waals surface area contributed by atoms with Crippen LogP contribution in [-0.4, -0.2) is 76.2 Å². The summed E-state index contributed by atoms with van der Waals surface area (Å²) < 4.78 is 5.54. The lowest BCUT2D eigenvalue weighted by atomic mass is 9.78. The number of piperazine rings is 1. The first-order valence-corrected chi connectivity index (χ1v) is 11.3. The monoisotopic (exact) mass is 459 g/mol. The molecule has 1 aromatic carbocycles. The predicted molar refractivity (Wildman–Crippen MR) is 130 cm³/mol. The average molecular weight is 460 g/mol. The number of aromatic amines is 2. The SMILES string of the molecule is COc1cncc(C2(c3cccc4c(-c5cn[nH]c5)c[nH]c34)CN(C)CCN2CCC(N)=O)c1. The number of nitrogens with two attached hydrogens (primary N) is 1. The zero-order chi connectivity index (χ0) is 23.7. The van der Waals surface area contributed by atoms with Crippen molar-refractivity contribution < 1.29 is 9.53 Å². The second-order valence-corrected chi connectivity index (χ2v) is 8.83. The zero-order valence-corrected chi connectivity index (χ0v) is 19.4. The highest BCUT2D eigenvalue weighted by atomic mass is 16.5. The van der Waals surface area contributed by atoms with Crippen molar-refractivity contribution in [2.75, 3.05) is 40.3 Å². The minimum Gasteiger partial charge on any atom is -0.495 e. The second kappa shape index (κ2) is 8.92. The van der Waals surface area contributed by atoms with Crippen LogP contribution in [-0.2, 0) is 10.3 Å². The first kappa shape index (κ1) is 22.1. The summed E-state index contributed by atoms with van der Waals surface area (Å²) in [5.74, 6) is 0.384. The van der Waals surface area contributed by atoms with E-state index in [2.05, 4.69) is 55.2 Å². The van der Waals surface area contributed by atoms with E-state index in [1.165, 1.54) is 0 Å². The minimum atomic E-state index is -0.567. The molecular formula is C25H29N7O2. The number of aromatic nitrogens is 4. The van der Waals surface area contributed by atoms with E-state index in [-0.39, 0.29) is 12.3 Å². The summed E-state index contributed by atoms with van der Waals surface area (Å²) in [7, 11) is 3.77. The van der Waals surface area contributed by atoms with Gasteiger partial charge in [0.1, 0.15) is 5.75 Å². The fraction of sp³-hybridized carbons (Fsp3) is 0.320. The number of benzene rings is 1. The Morgan fingerprint density at radius 3 is 2.88 bits per heavy atom. The summed E-state index contributed by atoms with van der Waals surface area (Å²) in [6, 6.07) is 8.41. The van der Waals surface area contributed by atoms with Gasteiger partial charge in [0.25, 0.3) is 0 Å². The van der Waals surface area contributed by atoms with Gasteiger partial charge in [-0.2, -0.15) is 5.10 Å². The molecule has 1 amide bonds. The maximum Gasteiger partial charge on any atom is 0.218 e. The Morgan fingerprint density at radius 2 is 2.12 bits per heavy atom. The van der Waals surface area contributed by atoms with Crippen LogP contribution in [0.1, 0.15) is 17.5 Å². The molecule has 3 aromatic heterocycles. The lowest BCUT2D eigenvalue weighted by Gasteiger charge is -2.51. The number of primary amides is 1. The van der Waals surface area contributed by atoms with E-state index in [4.69, 9.17) is 10.5 Å². The Balaban J connectivity index is 1.76. The Kier molecular flexibility index (Phi) is 5.80. The van der Waals surface area contributed by atoms with Crippen molar-refractivity contribution in [1.29, 1.82) is 0 Å². The van der Waals surface area contributed by atoms with Crippen LogP contribution in [0.15, 0.2) is 55.2 Å². The van der Waals surface area contributed by atoms with Gasteiger partial charge >= 0.3 is 0 Å². The van der Waals surface area contributed by atoms with Crippen LogP contribution in [0, 0.1) is 0 Å². The fourth-order valence-electron chi connectivity index (χ4n) is 5.18. The number of hydrogen-bond acceptors (Lipinski definition) is 6. The standard InChI is InChI=1S/C25H29N7O2/c1-31-8-9-32(7-6-23(26)33)25(16-31,18-10-19(34-2)14-27-13-18)22-5-3-4-20-21(15-28-24(20)22)17-11-29-30-12-17/h3-5,10-15,28H,6-9,16H2,1-2H3,(H2,26,33)(H,29,30). The van der Waals surface area contributed by atoms with Gasteiger partial charge in [-0.3, -0.25) is 19.8 Å². The van der Waals surface area contributed by atoms with E-state index >= 15 is 0 Å². The summed E-state index contributed by atoms with van der Waals surface area (Å²) in [6.07, 6.45) is 9.64. The number of nitrogens with one attached hydrogen (secondary N) is 2. The number of pyridine rings is 1. The van der Waals surface area contributed by atoms with Crippen molar-refractivity contribution in [3.8, 4) is 16.9 Å². The van der Waals surface area contributed by atoms with Gasteiger partial charge in [0.2, 0.25) is 5.91 Å². The van der Waals surface area contributed by atoms with E-state index in [0.717, 1.165) is 52.8 Å². The van der Waals surface area contributed by atoms with Gasteiger partial charge in [-0.05, 0) is 13.1 Å². The van der Waals surface area contributed by atoms with Crippen LogP contribution in [0.5, 0.6) is 5.75 Å². The Bertz CT molecular complexity index is 1300. The van der Waals surface area contributed by atoms with Crippen LogP contribution >= 0.6 is 0 Å². The van der Waals surface area contributed by atoms with E-state index in [9.17, 15) is 4.79 Å². The summed E-state index contributed by atoms with van der Waals surface area (Å²) in [4.78, 5) is 24.5. The van der Waals surface area contributed by atoms with Crippen molar-refractivity contribution in [2.24, 2.45) is 5.73 Å². The van der Waals surface area contributed by atoms with Crippen molar-refractivity contribution in [3.05, 3.63) is 66.4 Å². The van der Waals surface area contributed by atoms with Gasteiger partial charge in [-0.25, -0.2) is 0 Å². The van der Waals surface area contributed by atoms with Crippen molar-refractivity contribution in [3.63, 3.8) is 0 Å². The number of hydrogen-bond donors (Lipinski definition) is 3. The molecule has 9 nitrogen and oxygen atoms in total. The molecule has 4 aromatic rings. The Hall–Kier alpha value is -3.69. The van der Waals surface area contributed by atoms with Gasteiger partial charge in [0, 0.05) is 78.8 Å². The average Bonchev–Trinajstić information content (AvgIpc) is 3.52. The molecule has 0 aliphatic carbocycles. The number of H-pyrrole nitrogens is 2. The number of fused-ring (bicyclic) bond motifs is 1. The molecule has 4 N–H and O–H groups in total. The lowest BCUT2D eigenvalue weighted by Crippen LogP contribution is -2.60. The topological polar surface area (TPSA) is 116 Å². The molecule has 9 heteroatoms. The van der Waals surface area contributed by atoms with E-state index in [0.29, 0.717) is 12.3 Å². The molecule has 1 atom stereocenters. The lowest BCUT2D eigenvalue weighted by molar-refractivity contribution is -0.118. The number of para-hydroxylation sites is 1. The quantitative estimate of drug-likeness (QED) is 0.391. The largest absolute Gasteiger partial charge is 0.495 e. The molecule has 176 valence electrons. The molecule has 5 rings (SSSR count). The third kappa shape index (κ3) is 3.72. The minimum absolute atomic E-state index is 0.282. The Labute approximate surface area is 197 Å². The molecule has 1 aliphatic rings. The maximum absolute atomic E-state index is 11.8. The highest BCUT2D eigenvalue weighted by molar-refractivity contribution is 5.97. The molecular weight excluding hydrogens is 430 g/mol. The van der Waals surface area contributed by atoms with Crippen LogP contribution in [0.25, 0.3) is 22.0 Å². The fourth-order valence-corrected chi connectivity index (χ4v) is 5.18. The highest BCUT2D eigenvalue weighted by Crippen LogP contribution is 2.43. The summed E-state index contributed by atoms with van der Waals surface area (Å²) in [5, 5.41) is 8.13. The first-order chi connectivity index (χ1) is 16.5. The van der Waals surface area contributed by atoms with Crippen LogP contribution in [0.4, 0.5) is 0 Å². The van der Waals surface area contributed by atoms with Crippen molar-refractivity contribution in [2.45, 2.75) is 12.0 Å². The number of carbonyl (C=O) groups is 1. The summed E-state index contributed by atoms with van der Waals surface area (Å²) in [5.41, 5.74) is 10.3. The first-order valence-electron chi connectivity index (χ1n) is 11.3.